The predicted molar refractivity (Wildman–Crippen MR) is 80.5 cm³/mol. The summed E-state index contributed by atoms with van der Waals surface area (Å²) in [5.74, 6) is 0. The van der Waals surface area contributed by atoms with Crippen LogP contribution in [0.25, 0.3) is 0 Å². The fourth-order valence-electron chi connectivity index (χ4n) is 2.68. The summed E-state index contributed by atoms with van der Waals surface area (Å²) in [6.45, 7) is 10.1. The van der Waals surface area contributed by atoms with Crippen molar-refractivity contribution in [1.82, 2.24) is 0 Å². The lowest BCUT2D eigenvalue weighted by molar-refractivity contribution is 0.101. The van der Waals surface area contributed by atoms with Gasteiger partial charge in [0.15, 0.2) is 0 Å². The molecule has 1 unspecified atom stereocenters. The molecule has 100 valence electrons. The average Bonchev–Trinajstić information content (AvgIpc) is 2.35. The van der Waals surface area contributed by atoms with Gasteiger partial charge in [0.1, 0.15) is 5.60 Å². The molecule has 0 bridgehead atoms. The highest BCUT2D eigenvalue weighted by molar-refractivity contribution is 5.46. The quantitative estimate of drug-likeness (QED) is 0.852. The Morgan fingerprint density at radius 2 is 1.53 bits per heavy atom. The first-order valence-corrected chi connectivity index (χ1v) is 6.71. The smallest absolute Gasteiger partial charge is 0.112 e. The van der Waals surface area contributed by atoms with E-state index in [1.807, 2.05) is 26.0 Å². The number of aliphatic hydroxyl groups is 1. The third-order valence-corrected chi connectivity index (χ3v) is 4.05. The summed E-state index contributed by atoms with van der Waals surface area (Å²) < 4.78 is 0. The number of hydrogen-bond acceptors (Lipinski definition) is 1. The Hall–Kier alpha value is -1.60. The van der Waals surface area contributed by atoms with Crippen molar-refractivity contribution in [2.24, 2.45) is 0 Å². The van der Waals surface area contributed by atoms with Gasteiger partial charge in [-0.1, -0.05) is 42.0 Å². The standard InChI is InChI=1S/C18H22O/c1-12-9-10-14(3)17(11-12)18(5,19)16-8-6-7-13(2)15(16)4/h6-11,19H,1-5H3. The highest BCUT2D eigenvalue weighted by Crippen LogP contribution is 2.34. The minimum atomic E-state index is -0.952. The first-order valence-electron chi connectivity index (χ1n) is 6.71. The van der Waals surface area contributed by atoms with Crippen molar-refractivity contribution in [2.75, 3.05) is 0 Å². The molecular formula is C18H22O. The van der Waals surface area contributed by atoms with Crippen molar-refractivity contribution in [3.05, 3.63) is 69.8 Å². The van der Waals surface area contributed by atoms with Crippen LogP contribution in [0, 0.1) is 27.7 Å². The fourth-order valence-corrected chi connectivity index (χ4v) is 2.68. The van der Waals surface area contributed by atoms with Gasteiger partial charge in [-0.3, -0.25) is 0 Å². The van der Waals surface area contributed by atoms with Gasteiger partial charge in [0.05, 0.1) is 0 Å². The van der Waals surface area contributed by atoms with E-state index in [2.05, 4.69) is 45.0 Å². The molecule has 2 aromatic carbocycles. The Labute approximate surface area is 115 Å². The molecule has 0 spiro atoms. The first-order chi connectivity index (χ1) is 8.84. The van der Waals surface area contributed by atoms with Crippen LogP contribution in [0.2, 0.25) is 0 Å². The van der Waals surface area contributed by atoms with Crippen molar-refractivity contribution in [1.29, 1.82) is 0 Å². The summed E-state index contributed by atoms with van der Waals surface area (Å²) in [4.78, 5) is 0. The normalized spacial score (nSPS) is 14.2. The molecule has 0 radical (unpaired) electrons. The lowest BCUT2D eigenvalue weighted by Crippen LogP contribution is -2.25. The molecule has 0 aliphatic rings. The number of hydrogen-bond donors (Lipinski definition) is 1. The Kier molecular flexibility index (Phi) is 3.51. The molecule has 0 aliphatic heterocycles. The van der Waals surface area contributed by atoms with Crippen LogP contribution in [-0.4, -0.2) is 5.11 Å². The summed E-state index contributed by atoms with van der Waals surface area (Å²) in [5.41, 5.74) is 5.69. The van der Waals surface area contributed by atoms with E-state index < -0.39 is 5.60 Å². The zero-order chi connectivity index (χ0) is 14.2. The first kappa shape index (κ1) is 13.8. The van der Waals surface area contributed by atoms with Gasteiger partial charge < -0.3 is 5.11 Å². The molecule has 0 heterocycles. The molecule has 0 fully saturated rings. The lowest BCUT2D eigenvalue weighted by atomic mass is 9.82. The molecule has 19 heavy (non-hydrogen) atoms. The number of aryl methyl sites for hydroxylation is 3. The van der Waals surface area contributed by atoms with Crippen molar-refractivity contribution in [3.63, 3.8) is 0 Å². The zero-order valence-corrected chi connectivity index (χ0v) is 12.4. The van der Waals surface area contributed by atoms with Crippen molar-refractivity contribution < 1.29 is 5.11 Å². The molecule has 1 heteroatoms. The molecule has 1 N–H and O–H groups in total. The molecule has 0 amide bonds. The Balaban J connectivity index is 2.65. The Morgan fingerprint density at radius 3 is 2.21 bits per heavy atom. The van der Waals surface area contributed by atoms with Crippen LogP contribution in [0.3, 0.4) is 0 Å². The van der Waals surface area contributed by atoms with Crippen LogP contribution in [0.5, 0.6) is 0 Å². The maximum Gasteiger partial charge on any atom is 0.112 e. The average molecular weight is 254 g/mol. The second-order valence-corrected chi connectivity index (χ2v) is 5.64. The molecule has 2 rings (SSSR count). The van der Waals surface area contributed by atoms with E-state index in [9.17, 15) is 5.11 Å². The minimum Gasteiger partial charge on any atom is -0.381 e. The largest absolute Gasteiger partial charge is 0.381 e. The summed E-state index contributed by atoms with van der Waals surface area (Å²) in [5, 5.41) is 11.1. The summed E-state index contributed by atoms with van der Waals surface area (Å²) >= 11 is 0. The van der Waals surface area contributed by atoms with Crippen LogP contribution >= 0.6 is 0 Å². The summed E-state index contributed by atoms with van der Waals surface area (Å²) in [6.07, 6.45) is 0. The van der Waals surface area contributed by atoms with E-state index in [0.717, 1.165) is 22.3 Å². The molecule has 1 nitrogen and oxygen atoms in total. The zero-order valence-electron chi connectivity index (χ0n) is 12.4. The van der Waals surface area contributed by atoms with Crippen LogP contribution in [-0.2, 0) is 5.60 Å². The Bertz CT molecular complexity index is 605. The van der Waals surface area contributed by atoms with E-state index in [0.29, 0.717) is 0 Å². The van der Waals surface area contributed by atoms with Crippen molar-refractivity contribution in [3.8, 4) is 0 Å². The molecular weight excluding hydrogens is 232 g/mol. The van der Waals surface area contributed by atoms with Crippen LogP contribution < -0.4 is 0 Å². The molecule has 1 atom stereocenters. The predicted octanol–water partition coefficient (Wildman–Crippen LogP) is 4.18. The van der Waals surface area contributed by atoms with E-state index in [-0.39, 0.29) is 0 Å². The van der Waals surface area contributed by atoms with Crippen molar-refractivity contribution in [2.45, 2.75) is 40.2 Å². The number of rotatable bonds is 2. The van der Waals surface area contributed by atoms with E-state index in [1.54, 1.807) is 0 Å². The third-order valence-electron chi connectivity index (χ3n) is 4.05. The van der Waals surface area contributed by atoms with Gasteiger partial charge in [-0.15, -0.1) is 0 Å². The number of benzene rings is 2. The molecule has 0 aliphatic carbocycles. The topological polar surface area (TPSA) is 20.2 Å². The summed E-state index contributed by atoms with van der Waals surface area (Å²) in [6, 6.07) is 12.3. The van der Waals surface area contributed by atoms with Gasteiger partial charge in [0.2, 0.25) is 0 Å². The highest BCUT2D eigenvalue weighted by Gasteiger charge is 2.29. The SMILES string of the molecule is Cc1ccc(C)c(C(C)(O)c2cccc(C)c2C)c1. The van der Waals surface area contributed by atoms with Crippen LogP contribution in [0.4, 0.5) is 0 Å². The second-order valence-electron chi connectivity index (χ2n) is 5.64. The highest BCUT2D eigenvalue weighted by atomic mass is 16.3. The fraction of sp³-hybridized carbons (Fsp3) is 0.333. The van der Waals surface area contributed by atoms with Gasteiger partial charge in [0, 0.05) is 0 Å². The third kappa shape index (κ3) is 2.43. The van der Waals surface area contributed by atoms with Crippen molar-refractivity contribution >= 4 is 0 Å². The van der Waals surface area contributed by atoms with E-state index in [1.165, 1.54) is 11.1 Å². The lowest BCUT2D eigenvalue weighted by Gasteiger charge is -2.29. The van der Waals surface area contributed by atoms with Gasteiger partial charge in [-0.05, 0) is 62.4 Å². The van der Waals surface area contributed by atoms with Crippen LogP contribution in [0.15, 0.2) is 36.4 Å². The molecule has 0 aromatic heterocycles. The monoisotopic (exact) mass is 254 g/mol. The molecule has 0 saturated carbocycles. The van der Waals surface area contributed by atoms with Gasteiger partial charge >= 0.3 is 0 Å². The molecule has 0 saturated heterocycles. The van der Waals surface area contributed by atoms with Crippen LogP contribution in [0.1, 0.15) is 40.3 Å². The van der Waals surface area contributed by atoms with Gasteiger partial charge in [-0.2, -0.15) is 0 Å². The summed E-state index contributed by atoms with van der Waals surface area (Å²) in [7, 11) is 0. The van der Waals surface area contributed by atoms with Gasteiger partial charge in [0.25, 0.3) is 0 Å². The maximum atomic E-state index is 11.1. The van der Waals surface area contributed by atoms with E-state index in [4.69, 9.17) is 0 Å². The second kappa shape index (κ2) is 4.82. The van der Waals surface area contributed by atoms with E-state index >= 15 is 0 Å². The van der Waals surface area contributed by atoms with Gasteiger partial charge in [-0.25, -0.2) is 0 Å². The molecule has 2 aromatic rings. The maximum absolute atomic E-state index is 11.1. The minimum absolute atomic E-state index is 0.952. The Morgan fingerprint density at radius 1 is 0.842 bits per heavy atom.